The Morgan fingerprint density at radius 1 is 1.00 bits per heavy atom. The van der Waals surface area contributed by atoms with Crippen LogP contribution in [0.5, 0.6) is 5.75 Å². The molecule has 104 valence electrons. The molecule has 0 fully saturated rings. The summed E-state index contributed by atoms with van der Waals surface area (Å²) in [6.45, 7) is 13.0. The maximum absolute atomic E-state index is 11.3. The molecule has 0 saturated heterocycles. The van der Waals surface area contributed by atoms with Crippen molar-refractivity contribution in [1.82, 2.24) is 0 Å². The summed E-state index contributed by atoms with van der Waals surface area (Å²) < 4.78 is 2.41. The quantitative estimate of drug-likeness (QED) is 0.841. The Hall–Kier alpha value is 0.0225. The number of carboxylic acids is 1. The Labute approximate surface area is 140 Å². The lowest BCUT2D eigenvalue weighted by atomic mass is 10.2. The van der Waals surface area contributed by atoms with Crippen LogP contribution in [0.4, 0.5) is 0 Å². The first-order valence-corrected chi connectivity index (χ1v) is 9.80. The number of hydrogen-bond acceptors (Lipinski definition) is 2. The molecule has 1 aromatic carbocycles. The number of carbonyl (C=O) groups is 1. The number of carboxylic acid groups (broad SMARTS) is 1. The van der Waals surface area contributed by atoms with Gasteiger partial charge in [-0.25, -0.2) is 4.79 Å². The third-order valence-electron chi connectivity index (χ3n) is 2.93. The molecule has 0 aromatic heterocycles. The summed E-state index contributed by atoms with van der Waals surface area (Å²) in [4.78, 5) is 11.3. The highest BCUT2D eigenvalue weighted by Crippen LogP contribution is 2.24. The average Bonchev–Trinajstić information content (AvgIpc) is 2.17. The van der Waals surface area contributed by atoms with Gasteiger partial charge in [-0.05, 0) is 0 Å². The van der Waals surface area contributed by atoms with E-state index in [9.17, 15) is 15.0 Å². The molecule has 0 aliphatic rings. The van der Waals surface area contributed by atoms with Gasteiger partial charge in [0, 0.05) is 0 Å². The van der Waals surface area contributed by atoms with Gasteiger partial charge in [0.2, 0.25) is 0 Å². The second-order valence-electron chi connectivity index (χ2n) is 7.93. The number of hydrogen-bond donors (Lipinski definition) is 2. The van der Waals surface area contributed by atoms with Crippen molar-refractivity contribution in [2.24, 2.45) is 0 Å². The molecule has 0 amide bonds. The van der Waals surface area contributed by atoms with Crippen LogP contribution in [0.15, 0.2) is 12.1 Å². The van der Waals surface area contributed by atoms with Crippen molar-refractivity contribution in [3.63, 3.8) is 0 Å². The van der Waals surface area contributed by atoms with E-state index in [1.807, 2.05) is 0 Å². The molecule has 1 aromatic rings. The fourth-order valence-electron chi connectivity index (χ4n) is 2.34. The maximum Gasteiger partial charge on any atom is 0.421 e. The molecule has 3 nitrogen and oxygen atoms in total. The number of aromatic carboxylic acids is 1. The summed E-state index contributed by atoms with van der Waals surface area (Å²) in [5.41, 5.74) is 0.0750. The first kappa shape index (κ1) is 18.1. The molecule has 0 unspecified atom stereocenters. The van der Waals surface area contributed by atoms with E-state index in [4.69, 9.17) is 0 Å². The van der Waals surface area contributed by atoms with Crippen LogP contribution in [0.2, 0.25) is 7.09 Å². The Morgan fingerprint density at radius 3 is 1.90 bits per heavy atom. The van der Waals surface area contributed by atoms with Crippen LogP contribution in [0.1, 0.15) is 51.9 Å². The van der Waals surface area contributed by atoms with Crippen LogP contribution in [-0.2, 0) is 0 Å². The largest absolute Gasteiger partial charge is 0.509 e. The Bertz CT molecular complexity index is 511. The summed E-state index contributed by atoms with van der Waals surface area (Å²) >= 11 is -1.29. The van der Waals surface area contributed by atoms with Crippen molar-refractivity contribution in [2.75, 3.05) is 0 Å². The Morgan fingerprint density at radius 2 is 1.50 bits per heavy atom. The molecule has 1 rings (SSSR count). The van der Waals surface area contributed by atoms with E-state index in [0.717, 1.165) is 7.39 Å². The lowest BCUT2D eigenvalue weighted by molar-refractivity contribution is 0.0694. The van der Waals surface area contributed by atoms with Crippen LogP contribution in [-0.4, -0.2) is 56.9 Å². The first-order chi connectivity index (χ1) is 8.89. The molecule has 0 aliphatic carbocycles. The molecule has 0 heterocycles. The van der Waals surface area contributed by atoms with Gasteiger partial charge in [0.05, 0.1) is 5.56 Å². The molecule has 0 spiro atoms. The molecule has 0 radical (unpaired) electrons. The van der Waals surface area contributed by atoms with Gasteiger partial charge in [-0.15, -0.1) is 16.8 Å². The van der Waals surface area contributed by atoms with E-state index >= 15 is 0 Å². The van der Waals surface area contributed by atoms with E-state index < -0.39 is 46.7 Å². The van der Waals surface area contributed by atoms with Gasteiger partial charge in [0.25, 0.3) is 0 Å². The highest BCUT2D eigenvalue weighted by atomic mass is 24.5. The third kappa shape index (κ3) is 5.79. The molecular formula is C15H22Mg2O3. The number of benzene rings is 1. The molecule has 0 saturated carbocycles. The van der Waals surface area contributed by atoms with Gasteiger partial charge >= 0.3 is 46.7 Å². The summed E-state index contributed by atoms with van der Waals surface area (Å²) in [5, 5.41) is 19.5. The minimum absolute atomic E-state index is 0.00856. The first-order valence-electron chi connectivity index (χ1n) is 6.97. The van der Waals surface area contributed by atoms with Crippen LogP contribution in [0, 0.1) is 0 Å². The fraction of sp³-hybridized carbons (Fsp3) is 0.533. The van der Waals surface area contributed by atoms with Crippen molar-refractivity contribution in [3.05, 3.63) is 17.7 Å². The molecule has 2 N–H and O–H groups in total. The summed E-state index contributed by atoms with van der Waals surface area (Å²) in [6, 6.07) is 3.74. The second-order valence-corrected chi connectivity index (χ2v) is 14.5. The zero-order valence-corrected chi connectivity index (χ0v) is 16.2. The molecule has 20 heavy (non-hydrogen) atoms. The van der Waals surface area contributed by atoms with E-state index in [1.165, 1.54) is 0 Å². The number of phenols is 1. The van der Waals surface area contributed by atoms with Gasteiger partial charge in [-0.3, -0.25) is 0 Å². The van der Waals surface area contributed by atoms with Crippen molar-refractivity contribution in [2.45, 2.75) is 48.6 Å². The van der Waals surface area contributed by atoms with Gasteiger partial charge in [-0.1, -0.05) is 47.6 Å². The van der Waals surface area contributed by atoms with Gasteiger partial charge in [-0.2, -0.15) is 3.69 Å². The normalized spacial score (nSPS) is 11.7. The third-order valence-corrected chi connectivity index (χ3v) is 6.79. The Balaban J connectivity index is 3.32. The van der Waals surface area contributed by atoms with Gasteiger partial charge in [0.15, 0.2) is 0 Å². The van der Waals surface area contributed by atoms with Gasteiger partial charge in [0.1, 0.15) is 5.75 Å². The van der Waals surface area contributed by atoms with Crippen LogP contribution in [0.25, 0.3) is 0 Å². The van der Waals surface area contributed by atoms with Crippen molar-refractivity contribution in [3.8, 4) is 5.75 Å². The lowest BCUT2D eigenvalue weighted by Crippen LogP contribution is -2.32. The van der Waals surface area contributed by atoms with Crippen LogP contribution >= 0.6 is 0 Å². The average molecular weight is 299 g/mol. The Kier molecular flexibility index (Phi) is 5.80. The summed E-state index contributed by atoms with van der Waals surface area (Å²) in [5.74, 6) is -1.04. The molecule has 0 aliphatic heterocycles. The second kappa shape index (κ2) is 6.42. The minimum atomic E-state index is -1.03. The van der Waals surface area contributed by atoms with Gasteiger partial charge < -0.3 is 10.2 Å². The van der Waals surface area contributed by atoms with E-state index in [2.05, 4.69) is 47.6 Å². The zero-order valence-electron chi connectivity index (χ0n) is 13.4. The van der Waals surface area contributed by atoms with Crippen molar-refractivity contribution < 1.29 is 15.0 Å². The van der Waals surface area contributed by atoms with Crippen LogP contribution < -0.4 is 7.39 Å². The predicted octanol–water partition coefficient (Wildman–Crippen LogP) is 2.19. The SMILES string of the molecule is C[C](C)(C)[Mg][c]1c[c]([Mg][C](C)(C)C)c(O)c(C(=O)O)c1. The summed E-state index contributed by atoms with van der Waals surface area (Å²) in [6.07, 6.45) is 0. The number of rotatable bonds is 3. The van der Waals surface area contributed by atoms with E-state index in [1.54, 1.807) is 6.07 Å². The zero-order chi connectivity index (χ0) is 15.7. The highest BCUT2D eigenvalue weighted by molar-refractivity contribution is 6.61. The molecule has 5 heteroatoms. The fourth-order valence-corrected chi connectivity index (χ4v) is 6.38. The summed E-state index contributed by atoms with van der Waals surface area (Å²) in [7, 11) is 0. The molecule has 0 bridgehead atoms. The highest BCUT2D eigenvalue weighted by Gasteiger charge is 2.24. The standard InChI is InChI=1S/C7H4O3.2C4H9.2Mg/c8-6-4-2-1-3-5(6)7(9)10;2*1-4(2)3;;/h2-3,8H,(H,9,10);2*1-3H3;;. The number of aromatic hydroxyl groups is 1. The molecule has 0 atom stereocenters. The minimum Gasteiger partial charge on any atom is -0.509 e. The monoisotopic (exact) mass is 298 g/mol. The van der Waals surface area contributed by atoms with Crippen molar-refractivity contribution >= 4 is 54.1 Å². The smallest absolute Gasteiger partial charge is 0.421 e. The van der Waals surface area contributed by atoms with E-state index in [-0.39, 0.29) is 18.4 Å². The van der Waals surface area contributed by atoms with Crippen LogP contribution in [0.3, 0.4) is 0 Å². The topological polar surface area (TPSA) is 57.5 Å². The molecular weight excluding hydrogens is 277 g/mol. The maximum atomic E-state index is 11.3. The lowest BCUT2D eigenvalue weighted by Gasteiger charge is -2.22. The van der Waals surface area contributed by atoms with Crippen molar-refractivity contribution in [1.29, 1.82) is 0 Å². The predicted molar refractivity (Wildman–Crippen MR) is 85.3 cm³/mol. The van der Waals surface area contributed by atoms with E-state index in [0.29, 0.717) is 0 Å².